The molecular formula is C14H20ClNO13P4S. The van der Waals surface area contributed by atoms with E-state index in [1.165, 1.54) is 42.6 Å². The van der Waals surface area contributed by atoms with Crippen LogP contribution in [0.1, 0.15) is 5.56 Å². The van der Waals surface area contributed by atoms with Gasteiger partial charge in [-0.05, 0) is 35.9 Å². The molecule has 0 saturated carbocycles. The monoisotopic (exact) mass is 601 g/mol. The van der Waals surface area contributed by atoms with E-state index in [4.69, 9.17) is 50.7 Å². The minimum Gasteiger partial charge on any atom is -0.367 e. The predicted octanol–water partition coefficient (Wildman–Crippen LogP) is 1.70. The Bertz CT molecular complexity index is 1100. The van der Waals surface area contributed by atoms with E-state index < -0.39 is 46.6 Å². The fourth-order valence-electron chi connectivity index (χ4n) is 2.12. The summed E-state index contributed by atoms with van der Waals surface area (Å²) in [6.45, 7) is 0. The molecule has 192 valence electrons. The van der Waals surface area contributed by atoms with Gasteiger partial charge in [0.2, 0.25) is 4.73 Å². The topological polar surface area (TPSA) is 263 Å². The molecule has 20 heteroatoms. The van der Waals surface area contributed by atoms with Crippen LogP contribution in [-0.4, -0.2) is 59.1 Å². The first-order chi connectivity index (χ1) is 15.2. The van der Waals surface area contributed by atoms with Gasteiger partial charge in [0.15, 0.2) is 0 Å². The van der Waals surface area contributed by atoms with E-state index in [1.807, 2.05) is 0 Å². The van der Waals surface area contributed by atoms with Crippen molar-refractivity contribution in [1.82, 2.24) is 4.98 Å². The molecule has 1 heterocycles. The second-order valence-electron chi connectivity index (χ2n) is 6.48. The summed E-state index contributed by atoms with van der Waals surface area (Å²) in [5.74, 6) is 0. The molecule has 0 bridgehead atoms. The van der Waals surface area contributed by atoms with Crippen molar-refractivity contribution in [1.29, 1.82) is 0 Å². The summed E-state index contributed by atoms with van der Waals surface area (Å²) in [5.41, 5.74) is 0.0988. The first-order valence-corrected chi connectivity index (χ1v) is 16.3. The molecule has 0 unspecified atom stereocenters. The van der Waals surface area contributed by atoms with Gasteiger partial charge in [0.25, 0.3) is 5.08 Å². The van der Waals surface area contributed by atoms with Gasteiger partial charge in [-0.15, -0.1) is 0 Å². The van der Waals surface area contributed by atoms with Crippen LogP contribution in [0.4, 0.5) is 0 Å². The molecular weight excluding hydrogens is 582 g/mol. The van der Waals surface area contributed by atoms with Gasteiger partial charge in [0, 0.05) is 28.7 Å². The number of pyridine rings is 1. The van der Waals surface area contributed by atoms with Gasteiger partial charge in [-0.25, -0.2) is 0 Å². The van der Waals surface area contributed by atoms with Crippen molar-refractivity contribution in [3.05, 3.63) is 59.4 Å². The quantitative estimate of drug-likeness (QED) is 0.154. The lowest BCUT2D eigenvalue weighted by molar-refractivity contribution is 0.131. The van der Waals surface area contributed by atoms with E-state index in [0.29, 0.717) is 21.7 Å². The predicted molar refractivity (Wildman–Crippen MR) is 122 cm³/mol. The Morgan fingerprint density at radius 1 is 0.853 bits per heavy atom. The Hall–Kier alpha value is -0.430. The maximum absolute atomic E-state index is 11.0. The van der Waals surface area contributed by atoms with Crippen molar-refractivity contribution in [3.8, 4) is 0 Å². The van der Waals surface area contributed by atoms with E-state index in [9.17, 15) is 23.4 Å². The summed E-state index contributed by atoms with van der Waals surface area (Å²) in [6.07, 6.45) is 1.63. The Morgan fingerprint density at radius 3 is 1.68 bits per heavy atom. The number of rotatable bonds is 8. The lowest BCUT2D eigenvalue weighted by atomic mass is 10.2. The number of benzene rings is 1. The van der Waals surface area contributed by atoms with Crippen molar-refractivity contribution >= 4 is 53.7 Å². The smallest absolute Gasteiger partial charge is 0.367 e. The molecule has 0 fully saturated rings. The van der Waals surface area contributed by atoms with Gasteiger partial charge < -0.3 is 44.3 Å². The second-order valence-corrected chi connectivity index (χ2v) is 16.6. The van der Waals surface area contributed by atoms with Gasteiger partial charge in [-0.2, -0.15) is 0 Å². The van der Waals surface area contributed by atoms with Crippen LogP contribution in [0.5, 0.6) is 0 Å². The lowest BCUT2D eigenvalue weighted by Crippen LogP contribution is -2.31. The first-order valence-electron chi connectivity index (χ1n) is 8.44. The number of nitrogens with zero attached hydrogens (tertiary/aromatic N) is 1. The normalized spacial score (nSPS) is 13.4. The maximum Gasteiger partial charge on any atom is 0.369 e. The fraction of sp³-hybridized carbons (Fsp3) is 0.214. The molecule has 34 heavy (non-hydrogen) atoms. The van der Waals surface area contributed by atoms with E-state index in [-0.39, 0.29) is 5.56 Å². The fourth-order valence-corrected chi connectivity index (χ4v) is 8.31. The van der Waals surface area contributed by atoms with Gasteiger partial charge in [0.05, 0.1) is 0 Å². The highest BCUT2D eigenvalue weighted by atomic mass is 35.5. The van der Waals surface area contributed by atoms with Crippen molar-refractivity contribution in [3.63, 3.8) is 0 Å². The Balaban J connectivity index is 0.000000340. The molecule has 0 saturated heterocycles. The van der Waals surface area contributed by atoms with Crippen LogP contribution >= 0.6 is 53.7 Å². The van der Waals surface area contributed by atoms with Crippen LogP contribution in [0.2, 0.25) is 5.02 Å². The van der Waals surface area contributed by atoms with Crippen LogP contribution in [0, 0.1) is 0 Å². The van der Waals surface area contributed by atoms with Gasteiger partial charge in [-0.3, -0.25) is 23.2 Å². The molecule has 2 aromatic rings. The van der Waals surface area contributed by atoms with Crippen molar-refractivity contribution in [2.75, 3.05) is 0 Å². The molecule has 0 aliphatic rings. The standard InChI is InChI=1S/C7H9ClO6P2S.C7H11NO7P2/c8-5-1-3-6(4-2-5)17-7(15(9,10)11)16(12,13)14;9-7(16(10,11)12,17(13,14)15)4-6-2-1-3-8-5-6/h1-4,7H,(H2,9,10,11)(H2,12,13,14);1-3,5,9H,4H2,(H2,10,11,12)(H2,13,14,15). The highest BCUT2D eigenvalue weighted by molar-refractivity contribution is 8.12. The van der Waals surface area contributed by atoms with Crippen molar-refractivity contribution in [2.24, 2.45) is 0 Å². The zero-order chi connectivity index (χ0) is 26.6. The average Bonchev–Trinajstić information content (AvgIpc) is 2.65. The summed E-state index contributed by atoms with van der Waals surface area (Å²) in [7, 11) is -20.6. The van der Waals surface area contributed by atoms with Gasteiger partial charge in [0.1, 0.15) is 0 Å². The highest BCUT2D eigenvalue weighted by Gasteiger charge is 2.59. The zero-order valence-electron chi connectivity index (χ0n) is 16.6. The third kappa shape index (κ3) is 9.22. The number of hydrogen-bond donors (Lipinski definition) is 9. The van der Waals surface area contributed by atoms with Crippen LogP contribution in [0.15, 0.2) is 53.7 Å². The third-order valence-corrected chi connectivity index (χ3v) is 13.7. The minimum atomic E-state index is -5.41. The Labute approximate surface area is 201 Å². The molecule has 0 atom stereocenters. The molecule has 1 aromatic carbocycles. The first kappa shape index (κ1) is 31.6. The molecule has 1 aromatic heterocycles. The molecule has 14 nitrogen and oxygen atoms in total. The second kappa shape index (κ2) is 11.7. The van der Waals surface area contributed by atoms with E-state index in [1.54, 1.807) is 0 Å². The third-order valence-electron chi connectivity index (χ3n) is 3.73. The van der Waals surface area contributed by atoms with Crippen LogP contribution in [0.25, 0.3) is 0 Å². The summed E-state index contributed by atoms with van der Waals surface area (Å²) < 4.78 is 42.0. The summed E-state index contributed by atoms with van der Waals surface area (Å²) >= 11 is 6.04. The van der Waals surface area contributed by atoms with Crippen LogP contribution in [0.3, 0.4) is 0 Å². The Morgan fingerprint density at radius 2 is 1.32 bits per heavy atom. The molecule has 9 N–H and O–H groups in total. The number of aliphatic hydroxyl groups is 1. The van der Waals surface area contributed by atoms with E-state index >= 15 is 0 Å². The van der Waals surface area contributed by atoms with Crippen molar-refractivity contribution in [2.45, 2.75) is 21.1 Å². The van der Waals surface area contributed by atoms with E-state index in [2.05, 4.69) is 4.98 Å². The molecule has 0 radical (unpaired) electrons. The lowest BCUT2D eigenvalue weighted by Gasteiger charge is -2.29. The number of aromatic nitrogens is 1. The van der Waals surface area contributed by atoms with Crippen LogP contribution in [-0.2, 0) is 24.7 Å². The molecule has 0 amide bonds. The van der Waals surface area contributed by atoms with Crippen LogP contribution < -0.4 is 0 Å². The summed E-state index contributed by atoms with van der Waals surface area (Å²) in [5, 5.41) is 6.57. The summed E-state index contributed by atoms with van der Waals surface area (Å²) in [6, 6.07) is 8.51. The molecule has 0 spiro atoms. The van der Waals surface area contributed by atoms with Gasteiger partial charge in [-0.1, -0.05) is 29.4 Å². The molecule has 0 aliphatic carbocycles. The molecule has 0 aliphatic heterocycles. The maximum atomic E-state index is 11.0. The van der Waals surface area contributed by atoms with Gasteiger partial charge >= 0.3 is 30.4 Å². The SMILES string of the molecule is O=P(O)(O)C(O)(Cc1cccnc1)P(=O)(O)O.O=P(O)(O)C(Sc1ccc(Cl)cc1)P(=O)(O)O. The van der Waals surface area contributed by atoms with Crippen molar-refractivity contribution < 1.29 is 62.5 Å². The zero-order valence-corrected chi connectivity index (χ0v) is 21.7. The number of hydrogen-bond acceptors (Lipinski definition) is 7. The largest absolute Gasteiger partial charge is 0.369 e. The minimum absolute atomic E-state index is 0.0988. The number of halogens is 1. The average molecular weight is 602 g/mol. The highest BCUT2D eigenvalue weighted by Crippen LogP contribution is 2.68. The molecule has 2 rings (SSSR count). The van der Waals surface area contributed by atoms with E-state index in [0.717, 1.165) is 6.20 Å². The Kier molecular flexibility index (Phi) is 10.9. The summed E-state index contributed by atoms with van der Waals surface area (Å²) in [4.78, 5) is 75.1. The number of thioether (sulfide) groups is 1.